The van der Waals surface area contributed by atoms with Gasteiger partial charge in [0, 0.05) is 6.07 Å². The lowest BCUT2D eigenvalue weighted by molar-refractivity contribution is -0.681. The molecule has 2 rings (SSSR count). The number of aromatic nitrogens is 1. The maximum atomic E-state index is 11.8. The highest BCUT2D eigenvalue weighted by Gasteiger charge is 2.01. The Labute approximate surface area is 99.4 Å². The van der Waals surface area contributed by atoms with Crippen molar-refractivity contribution in [2.75, 3.05) is 7.11 Å². The summed E-state index contributed by atoms with van der Waals surface area (Å²) < 4.78 is 6.49. The highest BCUT2D eigenvalue weighted by Crippen LogP contribution is 2.03. The van der Waals surface area contributed by atoms with Crippen LogP contribution >= 0.6 is 0 Å². The number of hydrogen-bond donors (Lipinski definition) is 0. The molecule has 86 valence electrons. The average Bonchev–Trinajstić information content (AvgIpc) is 2.40. The number of rotatable bonds is 3. The van der Waals surface area contributed by atoms with E-state index in [0.717, 1.165) is 0 Å². The van der Waals surface area contributed by atoms with Crippen molar-refractivity contribution in [1.82, 2.24) is 0 Å². The molecule has 0 aliphatic rings. The van der Waals surface area contributed by atoms with E-state index < -0.39 is 0 Å². The first-order valence-electron chi connectivity index (χ1n) is 5.16. The molecule has 0 bridgehead atoms. The lowest BCUT2D eigenvalue weighted by atomic mass is 10.2. The molecule has 0 aliphatic carbocycles. The van der Waals surface area contributed by atoms with Crippen LogP contribution in [0.4, 0.5) is 0 Å². The number of nitrogens with zero attached hydrogens (tertiary/aromatic N) is 2. The highest BCUT2D eigenvalue weighted by atomic mass is 16.5. The summed E-state index contributed by atoms with van der Waals surface area (Å²) in [6.07, 6.45) is 3.32. The summed E-state index contributed by atoms with van der Waals surface area (Å²) in [5.74, 6) is 0.362. The van der Waals surface area contributed by atoms with Crippen LogP contribution in [-0.4, -0.2) is 13.0 Å². The summed E-state index contributed by atoms with van der Waals surface area (Å²) in [4.78, 5) is 0. The van der Waals surface area contributed by atoms with E-state index in [4.69, 9.17) is 4.74 Å². The lowest BCUT2D eigenvalue weighted by Gasteiger charge is -2.05. The number of hydrogen-bond acceptors (Lipinski definition) is 3. The van der Waals surface area contributed by atoms with Gasteiger partial charge in [-0.05, 0) is 16.7 Å². The molecule has 2 aromatic rings. The molecule has 1 heterocycles. The van der Waals surface area contributed by atoms with Gasteiger partial charge in [-0.25, -0.2) is 0 Å². The first-order chi connectivity index (χ1) is 8.29. The SMILES string of the molecule is COc1ccc[n+](/N=C(\[O-])c2ccccc2)c1. The van der Waals surface area contributed by atoms with E-state index >= 15 is 0 Å². The van der Waals surface area contributed by atoms with Crippen LogP contribution in [0, 0.1) is 0 Å². The van der Waals surface area contributed by atoms with Gasteiger partial charge in [-0.15, -0.1) is 0 Å². The summed E-state index contributed by atoms with van der Waals surface area (Å²) in [5, 5.41) is 15.7. The quantitative estimate of drug-likeness (QED) is 0.437. The molecule has 17 heavy (non-hydrogen) atoms. The van der Waals surface area contributed by atoms with Crippen LogP contribution in [-0.2, 0) is 0 Å². The average molecular weight is 228 g/mol. The lowest BCUT2D eigenvalue weighted by Crippen LogP contribution is -2.33. The fourth-order valence-corrected chi connectivity index (χ4v) is 1.37. The molecule has 1 aromatic heterocycles. The van der Waals surface area contributed by atoms with Crippen molar-refractivity contribution in [2.45, 2.75) is 0 Å². The van der Waals surface area contributed by atoms with Gasteiger partial charge in [0.05, 0.1) is 13.0 Å². The van der Waals surface area contributed by atoms with Gasteiger partial charge in [0.15, 0.2) is 5.75 Å². The normalized spacial score (nSPS) is 11.2. The summed E-state index contributed by atoms with van der Waals surface area (Å²) in [6, 6.07) is 12.5. The van der Waals surface area contributed by atoms with Crippen LogP contribution in [0.3, 0.4) is 0 Å². The number of pyridine rings is 1. The van der Waals surface area contributed by atoms with Crippen LogP contribution in [0.25, 0.3) is 0 Å². The van der Waals surface area contributed by atoms with Crippen LogP contribution in [0.15, 0.2) is 60.0 Å². The molecular formula is C13H12N2O2. The molecular weight excluding hydrogens is 216 g/mol. The predicted molar refractivity (Wildman–Crippen MR) is 61.6 cm³/mol. The Morgan fingerprint density at radius 2 is 1.94 bits per heavy atom. The summed E-state index contributed by atoms with van der Waals surface area (Å²) in [5.41, 5.74) is 0.558. The van der Waals surface area contributed by atoms with Crippen LogP contribution in [0.5, 0.6) is 5.75 Å². The minimum absolute atomic E-state index is 0.288. The monoisotopic (exact) mass is 228 g/mol. The van der Waals surface area contributed by atoms with Crippen molar-refractivity contribution in [3.63, 3.8) is 0 Å². The predicted octanol–water partition coefficient (Wildman–Crippen LogP) is 0.553. The second kappa shape index (κ2) is 5.12. The number of benzene rings is 1. The van der Waals surface area contributed by atoms with Crippen molar-refractivity contribution >= 4 is 5.90 Å². The van der Waals surface area contributed by atoms with E-state index in [0.29, 0.717) is 11.3 Å². The Balaban J connectivity index is 2.29. The maximum absolute atomic E-state index is 11.8. The highest BCUT2D eigenvalue weighted by molar-refractivity contribution is 5.89. The van der Waals surface area contributed by atoms with Crippen LogP contribution in [0.1, 0.15) is 5.56 Å². The fourth-order valence-electron chi connectivity index (χ4n) is 1.37. The first kappa shape index (κ1) is 11.1. The molecule has 0 fully saturated rings. The number of ether oxygens (including phenoxy) is 1. The molecule has 4 heteroatoms. The topological polar surface area (TPSA) is 48.5 Å². The summed E-state index contributed by atoms with van der Waals surface area (Å²) >= 11 is 0. The van der Waals surface area contributed by atoms with E-state index in [9.17, 15) is 5.11 Å². The molecule has 0 spiro atoms. The largest absolute Gasteiger partial charge is 0.854 e. The third-order valence-electron chi connectivity index (χ3n) is 2.22. The van der Waals surface area contributed by atoms with Gasteiger partial charge in [0.25, 0.3) is 0 Å². The minimum atomic E-state index is -0.288. The minimum Gasteiger partial charge on any atom is -0.854 e. The Bertz CT molecular complexity index is 524. The van der Waals surface area contributed by atoms with Gasteiger partial charge < -0.3 is 9.84 Å². The van der Waals surface area contributed by atoms with E-state index in [2.05, 4.69) is 5.10 Å². The van der Waals surface area contributed by atoms with Gasteiger partial charge in [-0.3, -0.25) is 0 Å². The van der Waals surface area contributed by atoms with Gasteiger partial charge >= 0.3 is 0 Å². The summed E-state index contributed by atoms with van der Waals surface area (Å²) in [6.45, 7) is 0. The van der Waals surface area contributed by atoms with Crippen molar-refractivity contribution in [3.8, 4) is 5.75 Å². The Morgan fingerprint density at radius 1 is 1.18 bits per heavy atom. The zero-order chi connectivity index (χ0) is 12.1. The molecule has 0 aliphatic heterocycles. The molecule has 4 nitrogen and oxygen atoms in total. The standard InChI is InChI=1S/C13H12N2O2/c1-17-12-8-5-9-15(10-12)14-13(16)11-6-3-2-4-7-11/h2-10H,1H3. The molecule has 0 saturated heterocycles. The number of methoxy groups -OCH3 is 1. The molecule has 0 N–H and O–H groups in total. The van der Waals surface area contributed by atoms with Crippen LogP contribution in [0.2, 0.25) is 0 Å². The molecule has 0 saturated carbocycles. The first-order valence-corrected chi connectivity index (χ1v) is 5.16. The third kappa shape index (κ3) is 2.81. The molecule has 0 atom stereocenters. The Morgan fingerprint density at radius 3 is 2.65 bits per heavy atom. The molecule has 1 aromatic carbocycles. The van der Waals surface area contributed by atoms with Gasteiger partial charge in [0.2, 0.25) is 12.4 Å². The van der Waals surface area contributed by atoms with E-state index in [1.54, 1.807) is 55.9 Å². The van der Waals surface area contributed by atoms with E-state index in [1.165, 1.54) is 4.68 Å². The fraction of sp³-hybridized carbons (Fsp3) is 0.0769. The second-order valence-corrected chi connectivity index (χ2v) is 3.39. The molecule has 0 amide bonds. The zero-order valence-electron chi connectivity index (χ0n) is 9.41. The van der Waals surface area contributed by atoms with Gasteiger partial charge in [-0.1, -0.05) is 35.0 Å². The smallest absolute Gasteiger partial charge is 0.243 e. The van der Waals surface area contributed by atoms with Crippen molar-refractivity contribution < 1.29 is 14.5 Å². The zero-order valence-corrected chi connectivity index (χ0v) is 9.41. The van der Waals surface area contributed by atoms with Gasteiger partial charge in [0.1, 0.15) is 0 Å². The van der Waals surface area contributed by atoms with E-state index in [-0.39, 0.29) is 5.90 Å². The molecule has 0 radical (unpaired) electrons. The van der Waals surface area contributed by atoms with Crippen molar-refractivity contribution in [2.24, 2.45) is 5.10 Å². The molecule has 0 unspecified atom stereocenters. The Kier molecular flexibility index (Phi) is 3.35. The van der Waals surface area contributed by atoms with Crippen molar-refractivity contribution in [1.29, 1.82) is 0 Å². The maximum Gasteiger partial charge on any atom is 0.243 e. The third-order valence-corrected chi connectivity index (χ3v) is 2.22. The van der Waals surface area contributed by atoms with E-state index in [1.807, 2.05) is 6.07 Å². The van der Waals surface area contributed by atoms with Gasteiger partial charge in [-0.2, -0.15) is 0 Å². The van der Waals surface area contributed by atoms with Crippen LogP contribution < -0.4 is 14.5 Å². The summed E-state index contributed by atoms with van der Waals surface area (Å²) in [7, 11) is 1.57. The Hall–Kier alpha value is -2.36. The van der Waals surface area contributed by atoms with Crippen molar-refractivity contribution in [3.05, 3.63) is 60.4 Å². The second-order valence-electron chi connectivity index (χ2n) is 3.39.